The summed E-state index contributed by atoms with van der Waals surface area (Å²) in [6, 6.07) is 0. The molecule has 0 saturated carbocycles. The van der Waals surface area contributed by atoms with Crippen LogP contribution >= 0.6 is 0 Å². The summed E-state index contributed by atoms with van der Waals surface area (Å²) >= 11 is 0. The first kappa shape index (κ1) is 8.08. The minimum Gasteiger partial charge on any atom is -0.304 e. The molecule has 2 nitrogen and oxygen atoms in total. The Morgan fingerprint density at radius 3 is 2.33 bits per heavy atom. The highest BCUT2D eigenvalue weighted by atomic mass is 14.7. The van der Waals surface area contributed by atoms with Crippen molar-refractivity contribution in [1.29, 1.82) is 5.41 Å². The third-order valence-corrected chi connectivity index (χ3v) is 0.880. The fourth-order valence-electron chi connectivity index (χ4n) is 0.273. The molecule has 0 unspecified atom stereocenters. The molecular formula is C7H12N2. The fraction of sp³-hybridized carbons (Fsp3) is 0.429. The maximum absolute atomic E-state index is 6.99. The zero-order chi connectivity index (χ0) is 7.28. The van der Waals surface area contributed by atoms with Crippen molar-refractivity contribution in [3.05, 3.63) is 11.8 Å². The third-order valence-electron chi connectivity index (χ3n) is 0.880. The minimum absolute atomic E-state index is 0.483. The Bertz CT molecular complexity index is 154. The highest BCUT2D eigenvalue weighted by molar-refractivity contribution is 6.28. The van der Waals surface area contributed by atoms with E-state index in [9.17, 15) is 0 Å². The van der Waals surface area contributed by atoms with Gasteiger partial charge >= 0.3 is 0 Å². The zero-order valence-corrected chi connectivity index (χ0v) is 6.10. The Morgan fingerprint density at radius 1 is 1.44 bits per heavy atom. The molecule has 0 amide bonds. The van der Waals surface area contributed by atoms with Crippen LogP contribution in [0.2, 0.25) is 0 Å². The summed E-state index contributed by atoms with van der Waals surface area (Å²) in [7, 11) is 0. The summed E-state index contributed by atoms with van der Waals surface area (Å²) in [5, 5.41) is 6.99. The van der Waals surface area contributed by atoms with Gasteiger partial charge < -0.3 is 5.41 Å². The van der Waals surface area contributed by atoms with Gasteiger partial charge in [0.25, 0.3) is 0 Å². The van der Waals surface area contributed by atoms with Crippen LogP contribution in [0.5, 0.6) is 0 Å². The lowest BCUT2D eigenvalue weighted by atomic mass is 10.4. The van der Waals surface area contributed by atoms with Gasteiger partial charge in [-0.15, -0.1) is 0 Å². The second kappa shape index (κ2) is 4.01. The van der Waals surface area contributed by atoms with Gasteiger partial charge in [0.05, 0.1) is 0 Å². The molecule has 0 aromatic heterocycles. The van der Waals surface area contributed by atoms with E-state index in [-0.39, 0.29) is 0 Å². The molecule has 50 valence electrons. The summed E-state index contributed by atoms with van der Waals surface area (Å²) in [6.45, 7) is 5.53. The van der Waals surface area contributed by atoms with Crippen molar-refractivity contribution in [3.8, 4) is 0 Å². The first-order chi connectivity index (χ1) is 4.16. The summed E-state index contributed by atoms with van der Waals surface area (Å²) in [4.78, 5) is 3.95. The predicted octanol–water partition coefficient (Wildman–Crippen LogP) is 2.02. The summed E-state index contributed by atoms with van der Waals surface area (Å²) in [6.07, 6.45) is 3.44. The lowest BCUT2D eigenvalue weighted by Crippen LogP contribution is -1.87. The molecule has 0 aliphatic carbocycles. The molecule has 0 radical (unpaired) electrons. The second-order valence-corrected chi connectivity index (χ2v) is 1.87. The van der Waals surface area contributed by atoms with Crippen LogP contribution in [0.4, 0.5) is 0 Å². The van der Waals surface area contributed by atoms with E-state index >= 15 is 0 Å². The first-order valence-corrected chi connectivity index (χ1v) is 2.89. The molecule has 9 heavy (non-hydrogen) atoms. The van der Waals surface area contributed by atoms with Crippen LogP contribution in [-0.4, -0.2) is 11.9 Å². The number of hydrogen-bond donors (Lipinski definition) is 1. The quantitative estimate of drug-likeness (QED) is 0.547. The van der Waals surface area contributed by atoms with Gasteiger partial charge in [0.2, 0.25) is 0 Å². The second-order valence-electron chi connectivity index (χ2n) is 1.87. The molecule has 0 saturated heterocycles. The van der Waals surface area contributed by atoms with Crippen molar-refractivity contribution >= 4 is 11.9 Å². The number of hydrogen-bond acceptors (Lipinski definition) is 2. The third kappa shape index (κ3) is 4.94. The molecule has 0 bridgehead atoms. The van der Waals surface area contributed by atoms with Crippen molar-refractivity contribution < 1.29 is 0 Å². The van der Waals surface area contributed by atoms with E-state index in [1.807, 2.05) is 19.9 Å². The first-order valence-electron chi connectivity index (χ1n) is 2.89. The van der Waals surface area contributed by atoms with Crippen molar-refractivity contribution in [2.24, 2.45) is 4.99 Å². The molecular weight excluding hydrogens is 112 g/mol. The Kier molecular flexibility index (Phi) is 3.60. The van der Waals surface area contributed by atoms with Gasteiger partial charge in [-0.2, -0.15) is 0 Å². The summed E-state index contributed by atoms with van der Waals surface area (Å²) in [5.41, 5.74) is 1.43. The Labute approximate surface area is 55.8 Å². The van der Waals surface area contributed by atoms with Gasteiger partial charge in [-0.05, 0) is 20.8 Å². The SMILES string of the molecule is C/C=C(/C)N=CC(C)=N. The van der Waals surface area contributed by atoms with Gasteiger partial charge in [-0.3, -0.25) is 4.99 Å². The van der Waals surface area contributed by atoms with Crippen molar-refractivity contribution in [2.75, 3.05) is 0 Å². The summed E-state index contributed by atoms with van der Waals surface area (Å²) in [5.74, 6) is 0. The standard InChI is InChI=1S/C7H12N2/c1-4-7(3)9-5-6(2)8/h4-5,8H,1-3H3/b7-4-,8-6?,9-5?. The number of nitrogens with one attached hydrogen (secondary N) is 1. The molecule has 0 aromatic rings. The molecule has 0 aliphatic heterocycles. The van der Waals surface area contributed by atoms with Gasteiger partial charge in [-0.25, -0.2) is 0 Å². The number of allylic oxidation sites excluding steroid dienone is 2. The normalized spacial score (nSPS) is 12.6. The largest absolute Gasteiger partial charge is 0.304 e. The van der Waals surface area contributed by atoms with Crippen LogP contribution < -0.4 is 0 Å². The lowest BCUT2D eigenvalue weighted by molar-refractivity contribution is 1.30. The zero-order valence-electron chi connectivity index (χ0n) is 6.10. The van der Waals surface area contributed by atoms with Crippen LogP contribution in [0.1, 0.15) is 20.8 Å². The molecule has 0 atom stereocenters. The van der Waals surface area contributed by atoms with E-state index in [1.165, 1.54) is 6.21 Å². The Hall–Kier alpha value is -0.920. The van der Waals surface area contributed by atoms with Crippen LogP contribution in [0, 0.1) is 5.41 Å². The Morgan fingerprint density at radius 2 is 2.00 bits per heavy atom. The van der Waals surface area contributed by atoms with E-state index in [4.69, 9.17) is 5.41 Å². The van der Waals surface area contributed by atoms with Crippen LogP contribution in [-0.2, 0) is 0 Å². The lowest BCUT2D eigenvalue weighted by Gasteiger charge is -1.86. The highest BCUT2D eigenvalue weighted by Crippen LogP contribution is 1.90. The predicted molar refractivity (Wildman–Crippen MR) is 41.3 cm³/mol. The molecule has 2 heteroatoms. The molecule has 0 heterocycles. The van der Waals surface area contributed by atoms with Crippen LogP contribution in [0.3, 0.4) is 0 Å². The van der Waals surface area contributed by atoms with E-state index in [1.54, 1.807) is 6.92 Å². The highest BCUT2D eigenvalue weighted by Gasteiger charge is 1.78. The smallest absolute Gasteiger partial charge is 0.0476 e. The molecule has 0 aromatic carbocycles. The van der Waals surface area contributed by atoms with Gasteiger partial charge in [-0.1, -0.05) is 6.08 Å². The van der Waals surface area contributed by atoms with Gasteiger partial charge in [0, 0.05) is 17.6 Å². The van der Waals surface area contributed by atoms with Crippen molar-refractivity contribution in [2.45, 2.75) is 20.8 Å². The van der Waals surface area contributed by atoms with E-state index in [2.05, 4.69) is 4.99 Å². The van der Waals surface area contributed by atoms with E-state index in [0.717, 1.165) is 5.70 Å². The Balaban J connectivity index is 3.86. The monoisotopic (exact) mass is 124 g/mol. The van der Waals surface area contributed by atoms with E-state index < -0.39 is 0 Å². The molecule has 0 aliphatic rings. The molecule has 0 fully saturated rings. The topological polar surface area (TPSA) is 36.2 Å². The summed E-state index contributed by atoms with van der Waals surface area (Å²) < 4.78 is 0. The van der Waals surface area contributed by atoms with Crippen molar-refractivity contribution in [3.63, 3.8) is 0 Å². The number of nitrogens with zero attached hydrogens (tertiary/aromatic N) is 1. The van der Waals surface area contributed by atoms with Gasteiger partial charge in [0.1, 0.15) is 0 Å². The average molecular weight is 124 g/mol. The van der Waals surface area contributed by atoms with Crippen LogP contribution in [0.25, 0.3) is 0 Å². The maximum Gasteiger partial charge on any atom is 0.0476 e. The van der Waals surface area contributed by atoms with Crippen LogP contribution in [0.15, 0.2) is 16.8 Å². The maximum atomic E-state index is 6.99. The molecule has 1 N–H and O–H groups in total. The fourth-order valence-corrected chi connectivity index (χ4v) is 0.273. The van der Waals surface area contributed by atoms with Crippen molar-refractivity contribution in [1.82, 2.24) is 0 Å². The molecule has 0 spiro atoms. The van der Waals surface area contributed by atoms with E-state index in [0.29, 0.717) is 5.71 Å². The number of aliphatic imine (C=N–C) groups is 1. The molecule has 0 rings (SSSR count). The van der Waals surface area contributed by atoms with Gasteiger partial charge in [0.15, 0.2) is 0 Å². The minimum atomic E-state index is 0.483. The number of rotatable bonds is 2. The average Bonchev–Trinajstić information content (AvgIpc) is 1.83.